The molecule has 1 aromatic carbocycles. The molecule has 0 spiro atoms. The van der Waals surface area contributed by atoms with Crippen molar-refractivity contribution in [1.82, 2.24) is 4.98 Å². The summed E-state index contributed by atoms with van der Waals surface area (Å²) in [6.07, 6.45) is 1.98. The standard InChI is InChI=1S/C18H14N2O5S/c1-24-13-7-2-4-9-8-10(17(23)25-14(9)13)16(22)20-18-19-11-5-3-6-12(21)15(11)26-18/h2,4,7-8H,3,5-6H2,1H3,(H,19,20,22). The molecule has 0 atom stereocenters. The van der Waals surface area contributed by atoms with Gasteiger partial charge in [-0.1, -0.05) is 23.5 Å². The number of Topliss-reactive ketones (excluding diaryl/α,β-unsaturated/α-hetero) is 1. The van der Waals surface area contributed by atoms with Crippen molar-refractivity contribution in [3.8, 4) is 5.75 Å². The maximum atomic E-state index is 12.5. The molecule has 26 heavy (non-hydrogen) atoms. The number of thiazole rings is 1. The molecule has 7 nitrogen and oxygen atoms in total. The van der Waals surface area contributed by atoms with Crippen molar-refractivity contribution >= 4 is 39.1 Å². The van der Waals surface area contributed by atoms with E-state index in [9.17, 15) is 14.4 Å². The number of carbonyl (C=O) groups is 2. The lowest BCUT2D eigenvalue weighted by atomic mass is 10.0. The summed E-state index contributed by atoms with van der Waals surface area (Å²) in [5, 5.41) is 3.47. The fourth-order valence-electron chi connectivity index (χ4n) is 2.92. The van der Waals surface area contributed by atoms with Crippen LogP contribution in [0.15, 0.2) is 33.5 Å². The number of aromatic nitrogens is 1. The molecule has 0 fully saturated rings. The molecule has 3 aromatic rings. The lowest BCUT2D eigenvalue weighted by Crippen LogP contribution is -2.20. The SMILES string of the molecule is COc1cccc2cc(C(=O)Nc3nc4c(s3)C(=O)CCC4)c(=O)oc12. The second-order valence-electron chi connectivity index (χ2n) is 5.85. The van der Waals surface area contributed by atoms with E-state index in [0.29, 0.717) is 39.7 Å². The van der Waals surface area contributed by atoms with Gasteiger partial charge in [0.2, 0.25) is 0 Å². The maximum absolute atomic E-state index is 12.5. The first-order valence-corrected chi connectivity index (χ1v) is 8.83. The molecule has 0 saturated carbocycles. The molecule has 0 saturated heterocycles. The molecular formula is C18H14N2O5S. The van der Waals surface area contributed by atoms with Crippen molar-refractivity contribution in [2.24, 2.45) is 0 Å². The first kappa shape index (κ1) is 16.5. The lowest BCUT2D eigenvalue weighted by Gasteiger charge is -2.06. The van der Waals surface area contributed by atoms with Gasteiger partial charge in [0, 0.05) is 11.8 Å². The largest absolute Gasteiger partial charge is 0.493 e. The smallest absolute Gasteiger partial charge is 0.349 e. The van der Waals surface area contributed by atoms with Crippen LogP contribution in [0.4, 0.5) is 5.13 Å². The Kier molecular flexibility index (Phi) is 4.04. The minimum Gasteiger partial charge on any atom is -0.493 e. The van der Waals surface area contributed by atoms with Crippen molar-refractivity contribution < 1.29 is 18.7 Å². The van der Waals surface area contributed by atoms with Crippen molar-refractivity contribution in [1.29, 1.82) is 0 Å². The highest BCUT2D eigenvalue weighted by atomic mass is 32.1. The Labute approximate surface area is 151 Å². The van der Waals surface area contributed by atoms with E-state index >= 15 is 0 Å². The highest BCUT2D eigenvalue weighted by Gasteiger charge is 2.24. The summed E-state index contributed by atoms with van der Waals surface area (Å²) >= 11 is 1.14. The number of carbonyl (C=O) groups excluding carboxylic acids is 2. The minimum absolute atomic E-state index is 0.0431. The summed E-state index contributed by atoms with van der Waals surface area (Å²) in [6, 6.07) is 6.58. The molecule has 1 aliphatic carbocycles. The zero-order valence-corrected chi connectivity index (χ0v) is 14.6. The van der Waals surface area contributed by atoms with Gasteiger partial charge in [-0.3, -0.25) is 14.9 Å². The first-order valence-electron chi connectivity index (χ1n) is 8.02. The third-order valence-electron chi connectivity index (χ3n) is 4.18. The maximum Gasteiger partial charge on any atom is 0.349 e. The number of hydrogen-bond donors (Lipinski definition) is 1. The van der Waals surface area contributed by atoms with Crippen LogP contribution in [0.25, 0.3) is 11.0 Å². The topological polar surface area (TPSA) is 98.5 Å². The minimum atomic E-state index is -0.767. The van der Waals surface area contributed by atoms with Crippen LogP contribution in [0.2, 0.25) is 0 Å². The fourth-order valence-corrected chi connectivity index (χ4v) is 3.90. The van der Waals surface area contributed by atoms with Gasteiger partial charge in [-0.25, -0.2) is 9.78 Å². The number of methoxy groups -OCH3 is 1. The molecule has 0 radical (unpaired) electrons. The summed E-state index contributed by atoms with van der Waals surface area (Å²) < 4.78 is 10.4. The number of benzene rings is 1. The number of ketones is 1. The molecular weight excluding hydrogens is 356 g/mol. The van der Waals surface area contributed by atoms with Crippen LogP contribution in [0.5, 0.6) is 5.75 Å². The Morgan fingerprint density at radius 3 is 2.92 bits per heavy atom. The Bertz CT molecular complexity index is 1100. The van der Waals surface area contributed by atoms with Crippen molar-refractivity contribution in [2.75, 3.05) is 12.4 Å². The molecule has 0 unspecified atom stereocenters. The summed E-state index contributed by atoms with van der Waals surface area (Å²) in [5.41, 5.74) is 0.0887. The van der Waals surface area contributed by atoms with Gasteiger partial charge in [-0.2, -0.15) is 0 Å². The van der Waals surface area contributed by atoms with E-state index in [-0.39, 0.29) is 16.9 Å². The fraction of sp³-hybridized carbons (Fsp3) is 0.222. The van der Waals surface area contributed by atoms with E-state index in [0.717, 1.165) is 17.8 Å². The van der Waals surface area contributed by atoms with Crippen LogP contribution >= 0.6 is 11.3 Å². The van der Waals surface area contributed by atoms with E-state index in [4.69, 9.17) is 9.15 Å². The monoisotopic (exact) mass is 370 g/mol. The van der Waals surface area contributed by atoms with E-state index in [2.05, 4.69) is 10.3 Å². The van der Waals surface area contributed by atoms with Gasteiger partial charge in [0.1, 0.15) is 5.56 Å². The zero-order valence-electron chi connectivity index (χ0n) is 13.8. The number of ether oxygens (including phenoxy) is 1. The molecule has 2 aromatic heterocycles. The highest BCUT2D eigenvalue weighted by Crippen LogP contribution is 2.30. The van der Waals surface area contributed by atoms with Gasteiger partial charge in [-0.05, 0) is 25.0 Å². The van der Waals surface area contributed by atoms with Crippen molar-refractivity contribution in [2.45, 2.75) is 19.3 Å². The number of fused-ring (bicyclic) bond motifs is 2. The van der Waals surface area contributed by atoms with Crippen LogP contribution in [-0.4, -0.2) is 23.8 Å². The van der Waals surface area contributed by atoms with E-state index in [1.807, 2.05) is 0 Å². The van der Waals surface area contributed by atoms with Crippen LogP contribution < -0.4 is 15.7 Å². The zero-order chi connectivity index (χ0) is 18.3. The number of anilines is 1. The molecule has 8 heteroatoms. The normalized spacial score (nSPS) is 13.5. The van der Waals surface area contributed by atoms with E-state index in [1.165, 1.54) is 13.2 Å². The van der Waals surface area contributed by atoms with Gasteiger partial charge >= 0.3 is 5.63 Å². The summed E-state index contributed by atoms with van der Waals surface area (Å²) in [6.45, 7) is 0. The van der Waals surface area contributed by atoms with Gasteiger partial charge in [0.05, 0.1) is 17.7 Å². The third-order valence-corrected chi connectivity index (χ3v) is 5.23. The number of aryl methyl sites for hydroxylation is 1. The lowest BCUT2D eigenvalue weighted by molar-refractivity contribution is 0.0975. The Morgan fingerprint density at radius 1 is 1.31 bits per heavy atom. The molecule has 132 valence electrons. The van der Waals surface area contributed by atoms with E-state index < -0.39 is 11.5 Å². The predicted molar refractivity (Wildman–Crippen MR) is 96.4 cm³/mol. The highest BCUT2D eigenvalue weighted by molar-refractivity contribution is 7.17. The van der Waals surface area contributed by atoms with Crippen molar-refractivity contribution in [3.63, 3.8) is 0 Å². The van der Waals surface area contributed by atoms with Gasteiger partial charge in [-0.15, -0.1) is 0 Å². The van der Waals surface area contributed by atoms with Crippen molar-refractivity contribution in [3.05, 3.63) is 50.8 Å². The molecule has 2 heterocycles. The molecule has 0 aliphatic heterocycles. The number of nitrogens with zero attached hydrogens (tertiary/aromatic N) is 1. The third kappa shape index (κ3) is 2.78. The predicted octanol–water partition coefficient (Wildman–Crippen LogP) is 3.03. The quantitative estimate of drug-likeness (QED) is 0.712. The Balaban J connectivity index is 1.67. The van der Waals surface area contributed by atoms with Gasteiger partial charge in [0.25, 0.3) is 5.91 Å². The van der Waals surface area contributed by atoms with E-state index in [1.54, 1.807) is 18.2 Å². The van der Waals surface area contributed by atoms with Crippen LogP contribution in [0.1, 0.15) is 38.6 Å². The molecule has 1 aliphatic rings. The number of hydrogen-bond acceptors (Lipinski definition) is 7. The number of para-hydroxylation sites is 1. The van der Waals surface area contributed by atoms with Crippen LogP contribution in [0.3, 0.4) is 0 Å². The molecule has 0 bridgehead atoms. The first-order chi connectivity index (χ1) is 12.6. The molecule has 1 amide bonds. The van der Waals surface area contributed by atoms with Crippen LogP contribution in [-0.2, 0) is 6.42 Å². The summed E-state index contributed by atoms with van der Waals surface area (Å²) in [4.78, 5) is 41.5. The van der Waals surface area contributed by atoms with Gasteiger partial charge < -0.3 is 9.15 Å². The molecule has 1 N–H and O–H groups in total. The second kappa shape index (κ2) is 6.38. The summed E-state index contributed by atoms with van der Waals surface area (Å²) in [5.74, 6) is -0.166. The second-order valence-corrected chi connectivity index (χ2v) is 6.85. The van der Waals surface area contributed by atoms with Gasteiger partial charge in [0.15, 0.2) is 22.2 Å². The summed E-state index contributed by atoms with van der Waals surface area (Å²) in [7, 11) is 1.47. The number of nitrogens with one attached hydrogen (secondary N) is 1. The average molecular weight is 370 g/mol. The Hall–Kier alpha value is -3.00. The molecule has 4 rings (SSSR count). The number of rotatable bonds is 3. The number of amides is 1. The Morgan fingerprint density at radius 2 is 2.15 bits per heavy atom. The average Bonchev–Trinajstić information content (AvgIpc) is 3.04. The van der Waals surface area contributed by atoms with Crippen LogP contribution in [0, 0.1) is 0 Å².